The van der Waals surface area contributed by atoms with E-state index in [0.29, 0.717) is 12.1 Å². The van der Waals surface area contributed by atoms with Crippen molar-refractivity contribution in [1.82, 2.24) is 5.32 Å². The van der Waals surface area contributed by atoms with E-state index < -0.39 is 0 Å². The molecule has 3 rings (SSSR count). The van der Waals surface area contributed by atoms with Gasteiger partial charge < -0.3 is 14.8 Å². The van der Waals surface area contributed by atoms with Crippen LogP contribution in [-0.4, -0.2) is 25.8 Å². The summed E-state index contributed by atoms with van der Waals surface area (Å²) < 4.78 is 11.4. The van der Waals surface area contributed by atoms with E-state index in [-0.39, 0.29) is 0 Å². The standard InChI is InChI=1S/C15H21NO2/c1-10-6-11-8-14(17-2)12(9-15(11)18-10)7-13-4-3-5-16-13/h8-10,13,16H,3-7H2,1-2H3. The quantitative estimate of drug-likeness (QED) is 0.889. The van der Waals surface area contributed by atoms with Gasteiger partial charge in [-0.1, -0.05) is 0 Å². The molecular weight excluding hydrogens is 226 g/mol. The van der Waals surface area contributed by atoms with E-state index in [9.17, 15) is 0 Å². The van der Waals surface area contributed by atoms with Crippen molar-refractivity contribution in [2.24, 2.45) is 0 Å². The fourth-order valence-electron chi connectivity index (χ4n) is 3.03. The molecule has 0 aromatic heterocycles. The topological polar surface area (TPSA) is 30.5 Å². The molecule has 1 saturated heterocycles. The summed E-state index contributed by atoms with van der Waals surface area (Å²) >= 11 is 0. The van der Waals surface area contributed by atoms with Gasteiger partial charge in [-0.15, -0.1) is 0 Å². The van der Waals surface area contributed by atoms with Gasteiger partial charge in [-0.2, -0.15) is 0 Å². The van der Waals surface area contributed by atoms with E-state index in [4.69, 9.17) is 9.47 Å². The molecule has 0 amide bonds. The first-order valence-corrected chi connectivity index (χ1v) is 6.86. The van der Waals surface area contributed by atoms with Crippen LogP contribution < -0.4 is 14.8 Å². The predicted octanol–water partition coefficient (Wildman–Crippen LogP) is 2.31. The number of hydrogen-bond acceptors (Lipinski definition) is 3. The predicted molar refractivity (Wildman–Crippen MR) is 71.5 cm³/mol. The van der Waals surface area contributed by atoms with Gasteiger partial charge >= 0.3 is 0 Å². The molecule has 98 valence electrons. The number of benzene rings is 1. The summed E-state index contributed by atoms with van der Waals surface area (Å²) in [6.45, 7) is 3.26. The zero-order chi connectivity index (χ0) is 12.5. The molecular formula is C15H21NO2. The van der Waals surface area contributed by atoms with E-state index in [1.54, 1.807) is 7.11 Å². The van der Waals surface area contributed by atoms with Crippen LogP contribution in [-0.2, 0) is 12.8 Å². The lowest BCUT2D eigenvalue weighted by molar-refractivity contribution is 0.254. The van der Waals surface area contributed by atoms with Crippen molar-refractivity contribution in [1.29, 1.82) is 0 Å². The molecule has 2 atom stereocenters. The molecule has 1 aromatic carbocycles. The van der Waals surface area contributed by atoms with E-state index >= 15 is 0 Å². The Morgan fingerprint density at radius 1 is 1.44 bits per heavy atom. The van der Waals surface area contributed by atoms with Gasteiger partial charge in [0.15, 0.2) is 0 Å². The molecule has 0 saturated carbocycles. The molecule has 0 spiro atoms. The van der Waals surface area contributed by atoms with Gasteiger partial charge in [-0.3, -0.25) is 0 Å². The smallest absolute Gasteiger partial charge is 0.123 e. The number of ether oxygens (including phenoxy) is 2. The van der Waals surface area contributed by atoms with Crippen molar-refractivity contribution in [3.8, 4) is 11.5 Å². The molecule has 3 heteroatoms. The lowest BCUT2D eigenvalue weighted by atomic mass is 10.0. The van der Waals surface area contributed by atoms with E-state index in [1.807, 2.05) is 0 Å². The molecule has 1 N–H and O–H groups in total. The van der Waals surface area contributed by atoms with Gasteiger partial charge in [-0.25, -0.2) is 0 Å². The van der Waals surface area contributed by atoms with Crippen molar-refractivity contribution >= 4 is 0 Å². The number of rotatable bonds is 3. The lowest BCUT2D eigenvalue weighted by Crippen LogP contribution is -2.23. The van der Waals surface area contributed by atoms with Crippen LogP contribution in [0.1, 0.15) is 30.9 Å². The summed E-state index contributed by atoms with van der Waals surface area (Å²) in [5.74, 6) is 2.07. The summed E-state index contributed by atoms with van der Waals surface area (Å²) in [7, 11) is 1.76. The van der Waals surface area contributed by atoms with Crippen LogP contribution in [0.15, 0.2) is 12.1 Å². The highest BCUT2D eigenvalue weighted by Crippen LogP contribution is 2.35. The van der Waals surface area contributed by atoms with Crippen LogP contribution >= 0.6 is 0 Å². The molecule has 2 heterocycles. The van der Waals surface area contributed by atoms with Gasteiger partial charge in [0.1, 0.15) is 17.6 Å². The normalized spacial score (nSPS) is 25.9. The Balaban J connectivity index is 1.86. The average Bonchev–Trinajstić information content (AvgIpc) is 2.96. The molecule has 3 nitrogen and oxygen atoms in total. The first kappa shape index (κ1) is 11.8. The minimum atomic E-state index is 0.296. The zero-order valence-corrected chi connectivity index (χ0v) is 11.2. The van der Waals surface area contributed by atoms with Crippen molar-refractivity contribution in [2.45, 2.75) is 44.8 Å². The van der Waals surface area contributed by atoms with Crippen molar-refractivity contribution in [2.75, 3.05) is 13.7 Å². The first-order valence-electron chi connectivity index (χ1n) is 6.86. The Bertz CT molecular complexity index is 438. The number of nitrogens with one attached hydrogen (secondary N) is 1. The molecule has 18 heavy (non-hydrogen) atoms. The molecule has 0 radical (unpaired) electrons. The fraction of sp³-hybridized carbons (Fsp3) is 0.600. The summed E-state index contributed by atoms with van der Waals surface area (Å²) in [4.78, 5) is 0. The maximum absolute atomic E-state index is 5.84. The fourth-order valence-corrected chi connectivity index (χ4v) is 3.03. The van der Waals surface area contributed by atoms with Crippen molar-refractivity contribution in [3.63, 3.8) is 0 Å². The molecule has 1 fully saturated rings. The summed E-state index contributed by atoms with van der Waals surface area (Å²) in [5.41, 5.74) is 2.55. The minimum absolute atomic E-state index is 0.296. The SMILES string of the molecule is COc1cc2c(cc1CC1CCCN1)OC(C)C2. The van der Waals surface area contributed by atoms with Crippen LogP contribution in [0.25, 0.3) is 0 Å². The molecule has 2 aliphatic rings. The number of methoxy groups -OCH3 is 1. The van der Waals surface area contributed by atoms with Crippen LogP contribution in [0.2, 0.25) is 0 Å². The van der Waals surface area contributed by atoms with Crippen LogP contribution in [0.4, 0.5) is 0 Å². The number of hydrogen-bond donors (Lipinski definition) is 1. The van der Waals surface area contributed by atoms with Crippen molar-refractivity contribution < 1.29 is 9.47 Å². The highest BCUT2D eigenvalue weighted by Gasteiger charge is 2.23. The average molecular weight is 247 g/mol. The summed E-state index contributed by atoms with van der Waals surface area (Å²) in [6.07, 6.45) is 4.87. The van der Waals surface area contributed by atoms with Crippen molar-refractivity contribution in [3.05, 3.63) is 23.3 Å². The second-order valence-electron chi connectivity index (χ2n) is 5.40. The second kappa shape index (κ2) is 4.81. The van der Waals surface area contributed by atoms with E-state index in [2.05, 4.69) is 24.4 Å². The van der Waals surface area contributed by atoms with E-state index in [1.165, 1.54) is 24.0 Å². The van der Waals surface area contributed by atoms with Crippen LogP contribution in [0.3, 0.4) is 0 Å². The Morgan fingerprint density at radius 3 is 3.06 bits per heavy atom. The van der Waals surface area contributed by atoms with E-state index in [0.717, 1.165) is 30.9 Å². The first-order chi connectivity index (χ1) is 8.76. The molecule has 0 bridgehead atoms. The number of fused-ring (bicyclic) bond motifs is 1. The molecule has 1 aromatic rings. The third kappa shape index (κ3) is 2.19. The molecule has 0 aliphatic carbocycles. The summed E-state index contributed by atoms with van der Waals surface area (Å²) in [5, 5.41) is 3.54. The lowest BCUT2D eigenvalue weighted by Gasteiger charge is -2.15. The van der Waals surface area contributed by atoms with Gasteiger partial charge in [0.05, 0.1) is 7.11 Å². The maximum atomic E-state index is 5.84. The Labute approximate surface area is 108 Å². The van der Waals surface area contributed by atoms with Gasteiger partial charge in [0.2, 0.25) is 0 Å². The largest absolute Gasteiger partial charge is 0.496 e. The third-order valence-electron chi connectivity index (χ3n) is 3.93. The Hall–Kier alpha value is -1.22. The van der Waals surface area contributed by atoms with Gasteiger partial charge in [0, 0.05) is 18.0 Å². The Kier molecular flexibility index (Phi) is 3.16. The highest BCUT2D eigenvalue weighted by atomic mass is 16.5. The minimum Gasteiger partial charge on any atom is -0.496 e. The highest BCUT2D eigenvalue weighted by molar-refractivity contribution is 5.49. The third-order valence-corrected chi connectivity index (χ3v) is 3.93. The van der Waals surface area contributed by atoms with Crippen LogP contribution in [0, 0.1) is 0 Å². The zero-order valence-electron chi connectivity index (χ0n) is 11.2. The molecule has 2 unspecified atom stereocenters. The summed E-state index contributed by atoms with van der Waals surface area (Å²) in [6, 6.07) is 4.93. The Morgan fingerprint density at radius 2 is 2.33 bits per heavy atom. The monoisotopic (exact) mass is 247 g/mol. The second-order valence-corrected chi connectivity index (χ2v) is 5.40. The van der Waals surface area contributed by atoms with Crippen LogP contribution in [0.5, 0.6) is 11.5 Å². The maximum Gasteiger partial charge on any atom is 0.123 e. The van der Waals surface area contributed by atoms with Gasteiger partial charge in [-0.05, 0) is 50.4 Å². The van der Waals surface area contributed by atoms with Gasteiger partial charge in [0.25, 0.3) is 0 Å². The molecule has 2 aliphatic heterocycles.